The van der Waals surface area contributed by atoms with Gasteiger partial charge in [0.2, 0.25) is 5.95 Å². The monoisotopic (exact) mass is 504 g/mol. The molecule has 9 nitrogen and oxygen atoms in total. The average Bonchev–Trinajstić information content (AvgIpc) is 3.25. The van der Waals surface area contributed by atoms with Crippen molar-refractivity contribution in [3.63, 3.8) is 0 Å². The molecule has 0 amide bonds. The molecule has 5 aromatic rings. The van der Waals surface area contributed by atoms with Crippen molar-refractivity contribution in [1.29, 1.82) is 0 Å². The van der Waals surface area contributed by atoms with Crippen LogP contribution in [0.3, 0.4) is 0 Å². The summed E-state index contributed by atoms with van der Waals surface area (Å²) in [5.41, 5.74) is 8.49. The minimum absolute atomic E-state index is 0.150. The SMILES string of the molecule is C[C@H](Nc1nc(N)ncc1-c1cnn(C)c1)Sc1nc2cccc(Cl)c2c(=O)n1-c1ccccc1. The van der Waals surface area contributed by atoms with Crippen molar-refractivity contribution >= 4 is 46.0 Å². The number of fused-ring (bicyclic) bond motifs is 1. The van der Waals surface area contributed by atoms with Crippen LogP contribution in [-0.2, 0) is 7.05 Å². The van der Waals surface area contributed by atoms with Crippen molar-refractivity contribution in [3.8, 4) is 16.8 Å². The van der Waals surface area contributed by atoms with Gasteiger partial charge in [0.15, 0.2) is 5.16 Å². The average molecular weight is 505 g/mol. The summed E-state index contributed by atoms with van der Waals surface area (Å²) in [6.45, 7) is 1.96. The summed E-state index contributed by atoms with van der Waals surface area (Å²) in [7, 11) is 1.84. The lowest BCUT2D eigenvalue weighted by atomic mass is 10.2. The Morgan fingerprint density at radius 1 is 1.09 bits per heavy atom. The summed E-state index contributed by atoms with van der Waals surface area (Å²) in [6, 6.07) is 14.6. The third kappa shape index (κ3) is 4.58. The molecule has 3 aromatic heterocycles. The minimum atomic E-state index is -0.238. The maximum atomic E-state index is 13.6. The summed E-state index contributed by atoms with van der Waals surface area (Å²) < 4.78 is 3.28. The maximum Gasteiger partial charge on any atom is 0.268 e. The Labute approximate surface area is 210 Å². The van der Waals surface area contributed by atoms with Crippen molar-refractivity contribution in [2.45, 2.75) is 17.5 Å². The summed E-state index contributed by atoms with van der Waals surface area (Å²) in [5, 5.41) is 8.63. The number of halogens is 1. The Kier molecular flexibility index (Phi) is 6.14. The molecule has 0 aliphatic heterocycles. The van der Waals surface area contributed by atoms with Crippen LogP contribution in [0.1, 0.15) is 6.92 Å². The van der Waals surface area contributed by atoms with E-state index in [-0.39, 0.29) is 16.9 Å². The molecule has 5 rings (SSSR count). The first-order chi connectivity index (χ1) is 16.9. The molecule has 11 heteroatoms. The zero-order valence-corrected chi connectivity index (χ0v) is 20.5. The van der Waals surface area contributed by atoms with Gasteiger partial charge < -0.3 is 11.1 Å². The van der Waals surface area contributed by atoms with E-state index < -0.39 is 0 Å². The largest absolute Gasteiger partial charge is 0.368 e. The molecular formula is C24H21ClN8OS. The summed E-state index contributed by atoms with van der Waals surface area (Å²) in [5.74, 6) is 0.708. The molecule has 2 aromatic carbocycles. The second kappa shape index (κ2) is 9.40. The number of nitrogen functional groups attached to an aromatic ring is 1. The third-order valence-corrected chi connectivity index (χ3v) is 6.55. The number of para-hydroxylation sites is 1. The van der Waals surface area contributed by atoms with Crippen LogP contribution in [0.15, 0.2) is 77.1 Å². The van der Waals surface area contributed by atoms with E-state index in [0.717, 1.165) is 11.1 Å². The zero-order chi connectivity index (χ0) is 24.5. The summed E-state index contributed by atoms with van der Waals surface area (Å²) in [4.78, 5) is 26.9. The van der Waals surface area contributed by atoms with E-state index in [0.29, 0.717) is 32.6 Å². The maximum absolute atomic E-state index is 13.6. The number of aryl methyl sites for hydroxylation is 1. The van der Waals surface area contributed by atoms with Gasteiger partial charge in [-0.25, -0.2) is 9.97 Å². The van der Waals surface area contributed by atoms with Crippen molar-refractivity contribution in [2.75, 3.05) is 11.1 Å². The molecule has 0 spiro atoms. The van der Waals surface area contributed by atoms with Gasteiger partial charge in [0, 0.05) is 30.6 Å². The lowest BCUT2D eigenvalue weighted by molar-refractivity contribution is 0.768. The van der Waals surface area contributed by atoms with Crippen LogP contribution >= 0.6 is 23.4 Å². The van der Waals surface area contributed by atoms with Crippen LogP contribution in [0.2, 0.25) is 5.02 Å². The number of hydrogen-bond donors (Lipinski definition) is 2. The lowest BCUT2D eigenvalue weighted by Gasteiger charge is -2.19. The van der Waals surface area contributed by atoms with Crippen LogP contribution in [0.25, 0.3) is 27.7 Å². The molecule has 3 heterocycles. The second-order valence-corrected chi connectivity index (χ2v) is 9.52. The molecule has 176 valence electrons. The molecule has 0 aliphatic rings. The number of nitrogens with one attached hydrogen (secondary N) is 1. The smallest absolute Gasteiger partial charge is 0.268 e. The molecule has 0 saturated carbocycles. The van der Waals surface area contributed by atoms with E-state index in [2.05, 4.69) is 20.4 Å². The highest BCUT2D eigenvalue weighted by atomic mass is 35.5. The van der Waals surface area contributed by atoms with Gasteiger partial charge >= 0.3 is 0 Å². The van der Waals surface area contributed by atoms with E-state index in [1.807, 2.05) is 50.5 Å². The number of anilines is 2. The predicted molar refractivity (Wildman–Crippen MR) is 140 cm³/mol. The van der Waals surface area contributed by atoms with Gasteiger partial charge in [-0.3, -0.25) is 14.0 Å². The highest BCUT2D eigenvalue weighted by Crippen LogP contribution is 2.31. The Morgan fingerprint density at radius 2 is 1.89 bits per heavy atom. The molecule has 0 saturated heterocycles. The number of nitrogens with two attached hydrogens (primary N) is 1. The second-order valence-electron chi connectivity index (χ2n) is 7.80. The fourth-order valence-corrected chi connectivity index (χ4v) is 4.89. The number of benzene rings is 2. The van der Waals surface area contributed by atoms with E-state index in [9.17, 15) is 4.79 Å². The first-order valence-corrected chi connectivity index (χ1v) is 12.0. The predicted octanol–water partition coefficient (Wildman–Crippen LogP) is 4.36. The van der Waals surface area contributed by atoms with Crippen LogP contribution < -0.4 is 16.6 Å². The van der Waals surface area contributed by atoms with Gasteiger partial charge in [-0.15, -0.1) is 0 Å². The van der Waals surface area contributed by atoms with Crippen LogP contribution in [0.4, 0.5) is 11.8 Å². The van der Waals surface area contributed by atoms with E-state index in [1.165, 1.54) is 11.8 Å². The quantitative estimate of drug-likeness (QED) is 0.199. The first kappa shape index (κ1) is 22.9. The van der Waals surface area contributed by atoms with Crippen molar-refractivity contribution in [3.05, 3.63) is 82.5 Å². The topological polar surface area (TPSA) is 117 Å². The lowest BCUT2D eigenvalue weighted by Crippen LogP contribution is -2.24. The number of aromatic nitrogens is 6. The van der Waals surface area contributed by atoms with Crippen molar-refractivity contribution in [2.24, 2.45) is 7.05 Å². The Bertz CT molecular complexity index is 1580. The first-order valence-electron chi connectivity index (χ1n) is 10.7. The van der Waals surface area contributed by atoms with Gasteiger partial charge in [0.05, 0.1) is 33.2 Å². The fourth-order valence-electron chi connectivity index (χ4n) is 3.71. The van der Waals surface area contributed by atoms with E-state index >= 15 is 0 Å². The normalized spacial score (nSPS) is 12.1. The molecule has 1 atom stereocenters. The van der Waals surface area contributed by atoms with E-state index in [1.54, 1.807) is 39.8 Å². The Morgan fingerprint density at radius 3 is 2.63 bits per heavy atom. The Hall–Kier alpha value is -3.89. The van der Waals surface area contributed by atoms with Crippen LogP contribution in [0, 0.1) is 0 Å². The Balaban J connectivity index is 1.55. The number of thioether (sulfide) groups is 1. The number of rotatable bonds is 6. The summed E-state index contributed by atoms with van der Waals surface area (Å²) >= 11 is 7.76. The van der Waals surface area contributed by atoms with Gasteiger partial charge in [0.25, 0.3) is 5.56 Å². The van der Waals surface area contributed by atoms with Crippen LogP contribution in [0.5, 0.6) is 0 Å². The minimum Gasteiger partial charge on any atom is -0.368 e. The third-order valence-electron chi connectivity index (χ3n) is 5.28. The number of nitrogens with zero attached hydrogens (tertiary/aromatic N) is 6. The molecule has 0 unspecified atom stereocenters. The highest BCUT2D eigenvalue weighted by Gasteiger charge is 2.19. The van der Waals surface area contributed by atoms with Crippen molar-refractivity contribution in [1.82, 2.24) is 29.3 Å². The molecule has 0 bridgehead atoms. The molecular weight excluding hydrogens is 484 g/mol. The molecule has 35 heavy (non-hydrogen) atoms. The molecule has 0 fully saturated rings. The highest BCUT2D eigenvalue weighted by molar-refractivity contribution is 7.99. The fraction of sp³-hybridized carbons (Fsp3) is 0.125. The molecule has 0 aliphatic carbocycles. The van der Waals surface area contributed by atoms with Crippen LogP contribution in [-0.4, -0.2) is 34.7 Å². The van der Waals surface area contributed by atoms with Gasteiger partial charge in [-0.2, -0.15) is 10.1 Å². The molecule has 0 radical (unpaired) electrons. The molecule has 3 N–H and O–H groups in total. The zero-order valence-electron chi connectivity index (χ0n) is 18.9. The van der Waals surface area contributed by atoms with E-state index in [4.69, 9.17) is 22.3 Å². The van der Waals surface area contributed by atoms with Gasteiger partial charge in [-0.05, 0) is 31.2 Å². The summed E-state index contributed by atoms with van der Waals surface area (Å²) in [6.07, 6.45) is 5.27. The van der Waals surface area contributed by atoms with Gasteiger partial charge in [0.1, 0.15) is 5.82 Å². The van der Waals surface area contributed by atoms with Crippen molar-refractivity contribution < 1.29 is 0 Å². The standard InChI is InChI=1S/C24H21ClN8OS/c1-14(29-21-17(12-27-23(26)31-21)15-11-28-32(2)13-15)35-24-30-19-10-6-9-18(25)20(19)22(34)33(24)16-7-4-3-5-8-16/h3-14H,1-2H3,(H3,26,27,29,31)/t14-/m1/s1. The number of hydrogen-bond acceptors (Lipinski definition) is 8. The van der Waals surface area contributed by atoms with Gasteiger partial charge in [-0.1, -0.05) is 47.6 Å².